The molecule has 0 radical (unpaired) electrons. The third kappa shape index (κ3) is 3.13. The van der Waals surface area contributed by atoms with Crippen molar-refractivity contribution >= 4 is 11.7 Å². The average Bonchev–Trinajstić information content (AvgIpc) is 3.15. The lowest BCUT2D eigenvalue weighted by Crippen LogP contribution is -2.76. The van der Waals surface area contributed by atoms with Gasteiger partial charge in [0, 0.05) is 29.2 Å². The lowest BCUT2D eigenvalue weighted by atomic mass is 9.91. The third-order valence-corrected chi connectivity index (χ3v) is 5.18. The largest absolute Gasteiger partial charge is 0.497 e. The molecule has 9 nitrogen and oxygen atoms in total. The van der Waals surface area contributed by atoms with Crippen molar-refractivity contribution in [3.63, 3.8) is 0 Å². The second-order valence-corrected chi connectivity index (χ2v) is 7.32. The van der Waals surface area contributed by atoms with E-state index in [4.69, 9.17) is 18.8 Å². The summed E-state index contributed by atoms with van der Waals surface area (Å²) in [4.78, 5) is 17.0. The zero-order valence-electron chi connectivity index (χ0n) is 16.5. The van der Waals surface area contributed by atoms with Crippen LogP contribution in [0.1, 0.15) is 5.69 Å². The van der Waals surface area contributed by atoms with Crippen molar-refractivity contribution in [2.45, 2.75) is 12.5 Å². The van der Waals surface area contributed by atoms with E-state index in [1.54, 1.807) is 25.3 Å². The van der Waals surface area contributed by atoms with Crippen LogP contribution in [0.5, 0.6) is 11.5 Å². The van der Waals surface area contributed by atoms with Crippen LogP contribution in [0.4, 0.5) is 11.7 Å². The number of aromatic nitrogens is 3. The van der Waals surface area contributed by atoms with E-state index in [0.717, 1.165) is 30.0 Å². The minimum absolute atomic E-state index is 0.189. The maximum absolute atomic E-state index is 6.00. The van der Waals surface area contributed by atoms with Crippen LogP contribution in [0.2, 0.25) is 0 Å². The van der Waals surface area contributed by atoms with E-state index in [1.165, 1.54) is 0 Å². The van der Waals surface area contributed by atoms with E-state index in [0.29, 0.717) is 29.9 Å². The highest BCUT2D eigenvalue weighted by molar-refractivity contribution is 5.61. The third-order valence-electron chi connectivity index (χ3n) is 5.18. The molecule has 0 amide bonds. The number of methoxy groups -OCH3 is 2. The van der Waals surface area contributed by atoms with E-state index in [-0.39, 0.29) is 5.60 Å². The topological polar surface area (TPSA) is 86.0 Å². The second kappa shape index (κ2) is 6.63. The molecule has 0 atom stereocenters. The van der Waals surface area contributed by atoms with Gasteiger partial charge in [0.25, 0.3) is 0 Å². The molecule has 9 heteroatoms. The van der Waals surface area contributed by atoms with Gasteiger partial charge < -0.3 is 18.9 Å². The fraction of sp³-hybridized carbons (Fsp3) is 0.350. The zero-order chi connectivity index (χ0) is 20.0. The molecule has 0 unspecified atom stereocenters. The average molecular weight is 395 g/mol. The highest BCUT2D eigenvalue weighted by Gasteiger charge is 2.56. The number of anilines is 2. The Hall–Kier alpha value is -3.33. The van der Waals surface area contributed by atoms with E-state index in [1.807, 2.05) is 31.3 Å². The van der Waals surface area contributed by atoms with Crippen LogP contribution >= 0.6 is 0 Å². The lowest BCUT2D eigenvalue weighted by Gasteiger charge is -2.58. The maximum Gasteiger partial charge on any atom is 0.348 e. The van der Waals surface area contributed by atoms with Crippen molar-refractivity contribution in [3.8, 4) is 22.9 Å². The number of nitrogens with zero attached hydrogens (tertiary/aromatic N) is 5. The Morgan fingerprint density at radius 3 is 2.41 bits per heavy atom. The van der Waals surface area contributed by atoms with Crippen LogP contribution in [0.3, 0.4) is 0 Å². The monoisotopic (exact) mass is 395 g/mol. The zero-order valence-corrected chi connectivity index (χ0v) is 16.5. The summed E-state index contributed by atoms with van der Waals surface area (Å²) in [6.45, 7) is 4.34. The van der Waals surface area contributed by atoms with Crippen molar-refractivity contribution in [2.24, 2.45) is 0 Å². The maximum atomic E-state index is 6.00. The van der Waals surface area contributed by atoms with Gasteiger partial charge in [-0.25, -0.2) is 0 Å². The van der Waals surface area contributed by atoms with Crippen LogP contribution in [-0.2, 0) is 4.84 Å². The number of hydroxylamine groups is 1. The highest BCUT2D eigenvalue weighted by atomic mass is 16.8. The van der Waals surface area contributed by atoms with Crippen LogP contribution in [0.25, 0.3) is 11.4 Å². The Bertz CT molecular complexity index is 1020. The van der Waals surface area contributed by atoms with Gasteiger partial charge in [-0.3, -0.25) is 9.82 Å². The molecule has 3 aromatic rings. The Morgan fingerprint density at radius 2 is 1.76 bits per heavy atom. The van der Waals surface area contributed by atoms with E-state index < -0.39 is 0 Å². The molecule has 2 aromatic heterocycles. The molecule has 1 spiro atoms. The second-order valence-electron chi connectivity index (χ2n) is 7.32. The minimum Gasteiger partial charge on any atom is -0.497 e. The van der Waals surface area contributed by atoms with Gasteiger partial charge in [0.15, 0.2) is 5.60 Å². The quantitative estimate of drug-likeness (QED) is 0.646. The fourth-order valence-electron chi connectivity index (χ4n) is 3.68. The first kappa shape index (κ1) is 17.7. The summed E-state index contributed by atoms with van der Waals surface area (Å²) in [5, 5.41) is 5.71. The summed E-state index contributed by atoms with van der Waals surface area (Å²) in [6, 6.07) is 9.88. The smallest absolute Gasteiger partial charge is 0.348 e. The van der Waals surface area contributed by atoms with Gasteiger partial charge in [0.2, 0.25) is 5.82 Å². The van der Waals surface area contributed by atoms with Crippen LogP contribution in [-0.4, -0.2) is 54.6 Å². The van der Waals surface area contributed by atoms with Crippen molar-refractivity contribution in [2.75, 3.05) is 43.8 Å². The van der Waals surface area contributed by atoms with Crippen molar-refractivity contribution in [1.29, 1.82) is 0 Å². The first-order chi connectivity index (χ1) is 14.1. The summed E-state index contributed by atoms with van der Waals surface area (Å²) in [5.74, 6) is 1.76. The molecule has 4 heterocycles. The SMILES string of the molecule is COc1cc(OC)cc(-c2noc(N3CC4(CN(c5ccnc(C)c5)C4)O3)n2)c1. The Balaban J connectivity index is 1.25. The lowest BCUT2D eigenvalue weighted by molar-refractivity contribution is -0.167. The van der Waals surface area contributed by atoms with Crippen LogP contribution in [0.15, 0.2) is 41.1 Å². The van der Waals surface area contributed by atoms with E-state index in [2.05, 4.69) is 26.1 Å². The number of benzene rings is 1. The fourth-order valence-corrected chi connectivity index (χ4v) is 3.68. The summed E-state index contributed by atoms with van der Waals surface area (Å²) in [7, 11) is 3.20. The molecule has 2 aliphatic rings. The number of hydrogen-bond acceptors (Lipinski definition) is 9. The van der Waals surface area contributed by atoms with Gasteiger partial charge in [0.05, 0.1) is 33.9 Å². The normalized spacial score (nSPS) is 17.1. The number of rotatable bonds is 5. The molecular formula is C20H21N5O4. The standard InChI is InChI=1S/C20H21N5O4/c1-13-6-15(4-5-21-13)24-10-20(11-24)12-25(29-20)19-22-18(23-28-19)14-7-16(26-2)9-17(8-14)27-3/h4-9H,10-12H2,1-3H3. The van der Waals surface area contributed by atoms with Gasteiger partial charge in [-0.05, 0) is 31.2 Å². The predicted octanol–water partition coefficient (Wildman–Crippen LogP) is 2.47. The summed E-state index contributed by atoms with van der Waals surface area (Å²) in [6.07, 6.45) is 1.83. The van der Waals surface area contributed by atoms with Gasteiger partial charge in [0.1, 0.15) is 11.5 Å². The van der Waals surface area contributed by atoms with E-state index >= 15 is 0 Å². The minimum atomic E-state index is -0.189. The Labute approximate surface area is 167 Å². The molecule has 0 aliphatic carbocycles. The molecule has 29 heavy (non-hydrogen) atoms. The van der Waals surface area contributed by atoms with Gasteiger partial charge >= 0.3 is 6.01 Å². The highest BCUT2D eigenvalue weighted by Crippen LogP contribution is 2.40. The summed E-state index contributed by atoms with van der Waals surface area (Å²) < 4.78 is 16.0. The summed E-state index contributed by atoms with van der Waals surface area (Å²) >= 11 is 0. The Kier molecular flexibility index (Phi) is 4.06. The first-order valence-electron chi connectivity index (χ1n) is 9.29. The molecule has 150 valence electrons. The molecule has 1 aromatic carbocycles. The number of ether oxygens (including phenoxy) is 2. The van der Waals surface area contributed by atoms with Crippen LogP contribution in [0, 0.1) is 6.92 Å². The van der Waals surface area contributed by atoms with Crippen molar-refractivity contribution in [1.82, 2.24) is 15.1 Å². The molecule has 2 fully saturated rings. The first-order valence-corrected chi connectivity index (χ1v) is 9.29. The van der Waals surface area contributed by atoms with Gasteiger partial charge in [-0.2, -0.15) is 10.0 Å². The Morgan fingerprint density at radius 1 is 1.03 bits per heavy atom. The van der Waals surface area contributed by atoms with Crippen molar-refractivity contribution < 1.29 is 18.8 Å². The van der Waals surface area contributed by atoms with Crippen LogP contribution < -0.4 is 19.4 Å². The van der Waals surface area contributed by atoms with Gasteiger partial charge in [-0.1, -0.05) is 5.16 Å². The number of hydrogen-bond donors (Lipinski definition) is 0. The van der Waals surface area contributed by atoms with Gasteiger partial charge in [-0.15, -0.1) is 0 Å². The molecule has 0 N–H and O–H groups in total. The number of pyridine rings is 1. The van der Waals surface area contributed by atoms with Crippen molar-refractivity contribution in [3.05, 3.63) is 42.2 Å². The molecular weight excluding hydrogens is 374 g/mol. The van der Waals surface area contributed by atoms with E-state index in [9.17, 15) is 0 Å². The predicted molar refractivity (Wildman–Crippen MR) is 105 cm³/mol. The molecule has 0 bridgehead atoms. The summed E-state index contributed by atoms with van der Waals surface area (Å²) in [5.41, 5.74) is 2.73. The molecule has 0 saturated carbocycles. The molecule has 2 aliphatic heterocycles. The number of aryl methyl sites for hydroxylation is 1. The molecule has 5 rings (SSSR count). The molecule has 2 saturated heterocycles.